The number of nitrogens with zero attached hydrogens (tertiary/aromatic N) is 1. The van der Waals surface area contributed by atoms with Crippen molar-refractivity contribution in [1.29, 1.82) is 0 Å². The second kappa shape index (κ2) is 3.16. The standard InChI is InChI=1S/C13H18N2/c1-9-2-5-13(12(14)6-9)15-8-10-3-4-11(15)7-10/h2,5-6,10-11H,3-4,7-8,14H2,1H3. The van der Waals surface area contributed by atoms with Crippen LogP contribution in [-0.4, -0.2) is 12.6 Å². The van der Waals surface area contributed by atoms with Crippen LogP contribution >= 0.6 is 0 Å². The van der Waals surface area contributed by atoms with E-state index in [9.17, 15) is 0 Å². The smallest absolute Gasteiger partial charge is 0.0602 e. The molecule has 2 N–H and O–H groups in total. The van der Waals surface area contributed by atoms with Gasteiger partial charge in [0.1, 0.15) is 0 Å². The number of hydrogen-bond donors (Lipinski definition) is 1. The van der Waals surface area contributed by atoms with E-state index in [4.69, 9.17) is 5.73 Å². The molecule has 0 aromatic heterocycles. The molecule has 80 valence electrons. The van der Waals surface area contributed by atoms with Crippen LogP contribution in [0.2, 0.25) is 0 Å². The number of nitrogens with two attached hydrogens (primary N) is 1. The van der Waals surface area contributed by atoms with Gasteiger partial charge in [-0.25, -0.2) is 0 Å². The summed E-state index contributed by atoms with van der Waals surface area (Å²) in [7, 11) is 0. The summed E-state index contributed by atoms with van der Waals surface area (Å²) in [5.74, 6) is 0.927. The molecular weight excluding hydrogens is 184 g/mol. The third-order valence-corrected chi connectivity index (χ3v) is 3.90. The first kappa shape index (κ1) is 9.08. The van der Waals surface area contributed by atoms with E-state index in [2.05, 4.69) is 30.0 Å². The van der Waals surface area contributed by atoms with Gasteiger partial charge in [-0.2, -0.15) is 0 Å². The number of hydrogen-bond acceptors (Lipinski definition) is 2. The zero-order valence-electron chi connectivity index (χ0n) is 9.24. The van der Waals surface area contributed by atoms with Crippen molar-refractivity contribution in [3.8, 4) is 0 Å². The highest BCUT2D eigenvalue weighted by Gasteiger charge is 2.38. The predicted octanol–water partition coefficient (Wildman–Crippen LogP) is 2.57. The molecule has 1 aromatic rings. The van der Waals surface area contributed by atoms with Gasteiger partial charge in [0.25, 0.3) is 0 Å². The average molecular weight is 202 g/mol. The Morgan fingerprint density at radius 2 is 2.20 bits per heavy atom. The Balaban J connectivity index is 1.93. The molecule has 1 aliphatic heterocycles. The maximum atomic E-state index is 6.09. The van der Waals surface area contributed by atoms with E-state index >= 15 is 0 Å². The molecule has 1 aliphatic carbocycles. The van der Waals surface area contributed by atoms with Crippen LogP contribution < -0.4 is 10.6 Å². The molecule has 2 aliphatic rings. The van der Waals surface area contributed by atoms with Gasteiger partial charge in [0, 0.05) is 12.6 Å². The lowest BCUT2D eigenvalue weighted by atomic mass is 10.1. The molecule has 2 unspecified atom stereocenters. The Morgan fingerprint density at radius 3 is 2.80 bits per heavy atom. The topological polar surface area (TPSA) is 29.3 Å². The van der Waals surface area contributed by atoms with Crippen molar-refractivity contribution in [2.45, 2.75) is 32.2 Å². The first-order chi connectivity index (χ1) is 7.24. The maximum absolute atomic E-state index is 6.09. The van der Waals surface area contributed by atoms with Crippen LogP contribution in [0.15, 0.2) is 18.2 Å². The average Bonchev–Trinajstić information content (AvgIpc) is 2.78. The van der Waals surface area contributed by atoms with Gasteiger partial charge in [-0.05, 0) is 49.8 Å². The monoisotopic (exact) mass is 202 g/mol. The van der Waals surface area contributed by atoms with E-state index in [1.807, 2.05) is 0 Å². The SMILES string of the molecule is Cc1ccc(N2CC3CCC2C3)c(N)c1. The molecule has 1 saturated heterocycles. The van der Waals surface area contributed by atoms with Crippen molar-refractivity contribution in [1.82, 2.24) is 0 Å². The van der Waals surface area contributed by atoms with Gasteiger partial charge in [0.2, 0.25) is 0 Å². The van der Waals surface area contributed by atoms with Crippen molar-refractivity contribution < 1.29 is 0 Å². The number of piperidine rings is 1. The zero-order chi connectivity index (χ0) is 10.4. The van der Waals surface area contributed by atoms with E-state index in [0.29, 0.717) is 0 Å². The first-order valence-corrected chi connectivity index (χ1v) is 5.87. The Morgan fingerprint density at radius 1 is 1.33 bits per heavy atom. The summed E-state index contributed by atoms with van der Waals surface area (Å²) in [5, 5.41) is 0. The molecule has 2 atom stereocenters. The molecule has 1 aromatic carbocycles. The number of anilines is 2. The van der Waals surface area contributed by atoms with Crippen molar-refractivity contribution in [2.75, 3.05) is 17.2 Å². The summed E-state index contributed by atoms with van der Waals surface area (Å²) in [6, 6.07) is 7.20. The van der Waals surface area contributed by atoms with Crippen LogP contribution in [0.5, 0.6) is 0 Å². The van der Waals surface area contributed by atoms with Gasteiger partial charge in [0.05, 0.1) is 11.4 Å². The number of fused-ring (bicyclic) bond motifs is 2. The lowest BCUT2D eigenvalue weighted by Gasteiger charge is -2.30. The fourth-order valence-electron chi connectivity index (χ4n) is 3.16. The Labute approximate surface area is 91.1 Å². The highest BCUT2D eigenvalue weighted by atomic mass is 15.2. The minimum Gasteiger partial charge on any atom is -0.397 e. The van der Waals surface area contributed by atoms with Gasteiger partial charge in [-0.1, -0.05) is 6.07 Å². The zero-order valence-corrected chi connectivity index (χ0v) is 9.24. The van der Waals surface area contributed by atoms with Crippen LogP contribution in [-0.2, 0) is 0 Å². The highest BCUT2D eigenvalue weighted by Crippen LogP contribution is 2.41. The van der Waals surface area contributed by atoms with Crippen molar-refractivity contribution >= 4 is 11.4 Å². The number of rotatable bonds is 1. The van der Waals surface area contributed by atoms with Gasteiger partial charge < -0.3 is 10.6 Å². The Bertz CT molecular complexity index is 386. The first-order valence-electron chi connectivity index (χ1n) is 5.87. The molecule has 1 heterocycles. The molecule has 1 saturated carbocycles. The highest BCUT2D eigenvalue weighted by molar-refractivity contribution is 5.69. The number of nitrogen functional groups attached to an aromatic ring is 1. The second-order valence-electron chi connectivity index (χ2n) is 5.05. The summed E-state index contributed by atoms with van der Waals surface area (Å²) in [4.78, 5) is 2.52. The molecule has 2 heteroatoms. The van der Waals surface area contributed by atoms with Gasteiger partial charge in [-0.3, -0.25) is 0 Å². The van der Waals surface area contributed by atoms with Crippen LogP contribution in [0.4, 0.5) is 11.4 Å². The summed E-state index contributed by atoms with van der Waals surface area (Å²) >= 11 is 0. The lowest BCUT2D eigenvalue weighted by molar-refractivity contribution is 0.554. The predicted molar refractivity (Wildman–Crippen MR) is 64.1 cm³/mol. The summed E-state index contributed by atoms with van der Waals surface area (Å²) in [6.07, 6.45) is 4.16. The molecule has 0 spiro atoms. The van der Waals surface area contributed by atoms with Crippen LogP contribution in [0.3, 0.4) is 0 Å². The number of benzene rings is 1. The van der Waals surface area contributed by atoms with E-state index in [1.165, 1.54) is 37.1 Å². The van der Waals surface area contributed by atoms with Crippen LogP contribution in [0.1, 0.15) is 24.8 Å². The minimum atomic E-state index is 0.764. The molecule has 0 radical (unpaired) electrons. The Kier molecular flexibility index (Phi) is 1.91. The molecule has 3 rings (SSSR count). The van der Waals surface area contributed by atoms with E-state index in [0.717, 1.165) is 17.6 Å². The molecule has 2 nitrogen and oxygen atoms in total. The van der Waals surface area contributed by atoms with E-state index < -0.39 is 0 Å². The summed E-state index contributed by atoms with van der Waals surface area (Å²) in [6.45, 7) is 3.31. The van der Waals surface area contributed by atoms with Gasteiger partial charge >= 0.3 is 0 Å². The fraction of sp³-hybridized carbons (Fsp3) is 0.538. The lowest BCUT2D eigenvalue weighted by Crippen LogP contribution is -2.32. The molecule has 15 heavy (non-hydrogen) atoms. The Hall–Kier alpha value is -1.18. The van der Waals surface area contributed by atoms with Crippen LogP contribution in [0, 0.1) is 12.8 Å². The van der Waals surface area contributed by atoms with E-state index in [-0.39, 0.29) is 0 Å². The fourth-order valence-corrected chi connectivity index (χ4v) is 3.16. The van der Waals surface area contributed by atoms with Gasteiger partial charge in [-0.15, -0.1) is 0 Å². The van der Waals surface area contributed by atoms with Gasteiger partial charge in [0.15, 0.2) is 0 Å². The summed E-state index contributed by atoms with van der Waals surface area (Å²) < 4.78 is 0. The molecular formula is C13H18N2. The third-order valence-electron chi connectivity index (χ3n) is 3.90. The normalized spacial score (nSPS) is 28.7. The van der Waals surface area contributed by atoms with Crippen molar-refractivity contribution in [2.24, 2.45) is 5.92 Å². The quantitative estimate of drug-likeness (QED) is 0.709. The largest absolute Gasteiger partial charge is 0.397 e. The summed E-state index contributed by atoms with van der Waals surface area (Å²) in [5.41, 5.74) is 9.55. The van der Waals surface area contributed by atoms with Crippen molar-refractivity contribution in [3.63, 3.8) is 0 Å². The maximum Gasteiger partial charge on any atom is 0.0602 e. The molecule has 2 bridgehead atoms. The third kappa shape index (κ3) is 1.39. The minimum absolute atomic E-state index is 0.764. The second-order valence-corrected chi connectivity index (χ2v) is 5.05. The number of aryl methyl sites for hydroxylation is 1. The van der Waals surface area contributed by atoms with E-state index in [1.54, 1.807) is 0 Å². The molecule has 2 fully saturated rings. The molecule has 0 amide bonds. The van der Waals surface area contributed by atoms with Crippen LogP contribution in [0.25, 0.3) is 0 Å². The van der Waals surface area contributed by atoms with Crippen molar-refractivity contribution in [3.05, 3.63) is 23.8 Å².